The van der Waals surface area contributed by atoms with E-state index in [1.54, 1.807) is 0 Å². The summed E-state index contributed by atoms with van der Waals surface area (Å²) in [7, 11) is 0. The molecule has 3 N–H and O–H groups in total. The summed E-state index contributed by atoms with van der Waals surface area (Å²) in [4.78, 5) is 12.2. The lowest BCUT2D eigenvalue weighted by atomic mass is 9.77. The maximum absolute atomic E-state index is 12.2. The normalized spacial score (nSPS) is 33.6. The second-order valence-electron chi connectivity index (χ2n) is 6.39. The zero-order chi connectivity index (χ0) is 13.0. The molecule has 104 valence electrons. The molecule has 2 aliphatic rings. The van der Waals surface area contributed by atoms with Crippen LogP contribution < -0.4 is 11.1 Å². The van der Waals surface area contributed by atoms with Gasteiger partial charge in [0.1, 0.15) is 0 Å². The number of hydrogen-bond donors (Lipinski definition) is 2. The fourth-order valence-electron chi connectivity index (χ4n) is 3.55. The molecule has 0 saturated heterocycles. The van der Waals surface area contributed by atoms with E-state index in [2.05, 4.69) is 12.2 Å². The van der Waals surface area contributed by atoms with Crippen LogP contribution >= 0.6 is 0 Å². The first kappa shape index (κ1) is 13.9. The monoisotopic (exact) mass is 252 g/mol. The van der Waals surface area contributed by atoms with E-state index in [-0.39, 0.29) is 17.9 Å². The molecule has 3 unspecified atom stereocenters. The van der Waals surface area contributed by atoms with Crippen LogP contribution in [0, 0.1) is 17.8 Å². The van der Waals surface area contributed by atoms with Crippen molar-refractivity contribution < 1.29 is 4.79 Å². The summed E-state index contributed by atoms with van der Waals surface area (Å²) in [6.07, 6.45) is 9.70. The Balaban J connectivity index is 1.69. The molecule has 2 rings (SSSR count). The molecule has 2 aliphatic carbocycles. The summed E-state index contributed by atoms with van der Waals surface area (Å²) in [6, 6.07) is 0.229. The van der Waals surface area contributed by atoms with Gasteiger partial charge in [0.05, 0.1) is 0 Å². The Labute approximate surface area is 111 Å². The van der Waals surface area contributed by atoms with E-state index in [0.717, 1.165) is 31.7 Å². The van der Waals surface area contributed by atoms with Gasteiger partial charge in [-0.3, -0.25) is 4.79 Å². The topological polar surface area (TPSA) is 55.1 Å². The summed E-state index contributed by atoms with van der Waals surface area (Å²) in [5.41, 5.74) is 5.97. The van der Waals surface area contributed by atoms with E-state index in [9.17, 15) is 4.79 Å². The standard InChI is InChI=1S/C15H28N2O/c1-11-6-7-13(16)10-14(11)15(18)17-9-8-12-4-2-3-5-12/h11-14H,2-10,16H2,1H3,(H,17,18). The summed E-state index contributed by atoms with van der Waals surface area (Å²) < 4.78 is 0. The van der Waals surface area contributed by atoms with Crippen LogP contribution in [0.2, 0.25) is 0 Å². The van der Waals surface area contributed by atoms with Crippen LogP contribution in [0.4, 0.5) is 0 Å². The summed E-state index contributed by atoms with van der Waals surface area (Å²) in [6.45, 7) is 3.05. The molecule has 18 heavy (non-hydrogen) atoms. The maximum atomic E-state index is 12.2. The molecular formula is C15H28N2O. The van der Waals surface area contributed by atoms with Crippen molar-refractivity contribution >= 4 is 5.91 Å². The second-order valence-corrected chi connectivity index (χ2v) is 6.39. The molecule has 3 atom stereocenters. The molecule has 3 heteroatoms. The zero-order valence-corrected chi connectivity index (χ0v) is 11.7. The van der Waals surface area contributed by atoms with Crippen LogP contribution in [0.25, 0.3) is 0 Å². The third-order valence-electron chi connectivity index (χ3n) is 4.90. The minimum absolute atomic E-state index is 0.150. The van der Waals surface area contributed by atoms with Crippen LogP contribution in [0.5, 0.6) is 0 Å². The molecule has 2 fully saturated rings. The third-order valence-corrected chi connectivity index (χ3v) is 4.90. The van der Waals surface area contributed by atoms with Crippen molar-refractivity contribution in [3.8, 4) is 0 Å². The first-order valence-electron chi connectivity index (χ1n) is 7.70. The van der Waals surface area contributed by atoms with Crippen molar-refractivity contribution in [3.63, 3.8) is 0 Å². The van der Waals surface area contributed by atoms with Crippen LogP contribution in [0.1, 0.15) is 58.3 Å². The number of carbonyl (C=O) groups is 1. The highest BCUT2D eigenvalue weighted by Crippen LogP contribution is 2.29. The second kappa shape index (κ2) is 6.55. The van der Waals surface area contributed by atoms with Crippen LogP contribution in [0.15, 0.2) is 0 Å². The van der Waals surface area contributed by atoms with E-state index in [4.69, 9.17) is 5.73 Å². The summed E-state index contributed by atoms with van der Waals surface area (Å²) in [5, 5.41) is 3.14. The number of rotatable bonds is 4. The molecule has 0 aromatic heterocycles. The highest BCUT2D eigenvalue weighted by Gasteiger charge is 2.31. The van der Waals surface area contributed by atoms with Gasteiger partial charge >= 0.3 is 0 Å². The van der Waals surface area contributed by atoms with Gasteiger partial charge in [-0.1, -0.05) is 32.6 Å². The van der Waals surface area contributed by atoms with Crippen molar-refractivity contribution in [3.05, 3.63) is 0 Å². The molecule has 0 aliphatic heterocycles. The molecule has 0 bridgehead atoms. The van der Waals surface area contributed by atoms with Gasteiger partial charge < -0.3 is 11.1 Å². The smallest absolute Gasteiger partial charge is 0.223 e. The van der Waals surface area contributed by atoms with Gasteiger partial charge in [0.2, 0.25) is 5.91 Å². The Hall–Kier alpha value is -0.570. The number of nitrogens with one attached hydrogen (secondary N) is 1. The predicted molar refractivity (Wildman–Crippen MR) is 74.1 cm³/mol. The van der Waals surface area contributed by atoms with Gasteiger partial charge in [0.15, 0.2) is 0 Å². The van der Waals surface area contributed by atoms with Crippen LogP contribution in [-0.4, -0.2) is 18.5 Å². The largest absolute Gasteiger partial charge is 0.356 e. The predicted octanol–water partition coefficient (Wildman–Crippen LogP) is 2.45. The lowest BCUT2D eigenvalue weighted by molar-refractivity contribution is -0.127. The third kappa shape index (κ3) is 3.71. The number of nitrogens with two attached hydrogens (primary N) is 1. The highest BCUT2D eigenvalue weighted by atomic mass is 16.1. The Morgan fingerprint density at radius 3 is 2.67 bits per heavy atom. The number of amides is 1. The average molecular weight is 252 g/mol. The van der Waals surface area contributed by atoms with Crippen molar-refractivity contribution in [2.75, 3.05) is 6.54 Å². The van der Waals surface area contributed by atoms with E-state index in [1.807, 2.05) is 0 Å². The molecule has 0 aromatic carbocycles. The van der Waals surface area contributed by atoms with Crippen molar-refractivity contribution in [2.24, 2.45) is 23.5 Å². The Morgan fingerprint density at radius 1 is 1.22 bits per heavy atom. The molecule has 3 nitrogen and oxygen atoms in total. The fraction of sp³-hybridized carbons (Fsp3) is 0.933. The van der Waals surface area contributed by atoms with Crippen LogP contribution in [0.3, 0.4) is 0 Å². The minimum Gasteiger partial charge on any atom is -0.356 e. The first-order chi connectivity index (χ1) is 8.66. The molecule has 0 radical (unpaired) electrons. The molecule has 0 spiro atoms. The Morgan fingerprint density at radius 2 is 1.94 bits per heavy atom. The van der Waals surface area contributed by atoms with Gasteiger partial charge in [-0.05, 0) is 37.5 Å². The van der Waals surface area contributed by atoms with Crippen molar-refractivity contribution in [1.82, 2.24) is 5.32 Å². The fourth-order valence-corrected chi connectivity index (χ4v) is 3.55. The van der Waals surface area contributed by atoms with Gasteiger partial charge in [0, 0.05) is 18.5 Å². The highest BCUT2D eigenvalue weighted by molar-refractivity contribution is 5.79. The molecule has 0 heterocycles. The van der Waals surface area contributed by atoms with E-state index >= 15 is 0 Å². The molecule has 0 aromatic rings. The molecule has 1 amide bonds. The van der Waals surface area contributed by atoms with E-state index in [1.165, 1.54) is 32.1 Å². The van der Waals surface area contributed by atoms with E-state index in [0.29, 0.717) is 5.92 Å². The molecular weight excluding hydrogens is 224 g/mol. The Kier molecular flexibility index (Phi) is 5.04. The number of carbonyl (C=O) groups excluding carboxylic acids is 1. The minimum atomic E-state index is 0.150. The first-order valence-corrected chi connectivity index (χ1v) is 7.70. The molecule has 2 saturated carbocycles. The summed E-state index contributed by atoms with van der Waals surface area (Å²) in [5.74, 6) is 1.75. The summed E-state index contributed by atoms with van der Waals surface area (Å²) >= 11 is 0. The van der Waals surface area contributed by atoms with Crippen molar-refractivity contribution in [1.29, 1.82) is 0 Å². The average Bonchev–Trinajstić information content (AvgIpc) is 2.85. The maximum Gasteiger partial charge on any atom is 0.223 e. The van der Waals surface area contributed by atoms with Crippen molar-refractivity contribution in [2.45, 2.75) is 64.3 Å². The van der Waals surface area contributed by atoms with Gasteiger partial charge in [-0.2, -0.15) is 0 Å². The van der Waals surface area contributed by atoms with Crippen LogP contribution in [-0.2, 0) is 4.79 Å². The quantitative estimate of drug-likeness (QED) is 0.807. The Bertz CT molecular complexity index is 274. The lowest BCUT2D eigenvalue weighted by Crippen LogP contribution is -2.42. The lowest BCUT2D eigenvalue weighted by Gasteiger charge is -2.31. The number of hydrogen-bond acceptors (Lipinski definition) is 2. The zero-order valence-electron chi connectivity index (χ0n) is 11.7. The van der Waals surface area contributed by atoms with Gasteiger partial charge in [0.25, 0.3) is 0 Å². The SMILES string of the molecule is CC1CCC(N)CC1C(=O)NCCC1CCCC1. The van der Waals surface area contributed by atoms with E-state index < -0.39 is 0 Å². The van der Waals surface area contributed by atoms with Gasteiger partial charge in [-0.25, -0.2) is 0 Å². The van der Waals surface area contributed by atoms with Gasteiger partial charge in [-0.15, -0.1) is 0 Å².